The van der Waals surface area contributed by atoms with Crippen molar-refractivity contribution >= 4 is 6.03 Å². The number of carbonyl (C=O) groups is 1. The monoisotopic (exact) mass is 332 g/mol. The Morgan fingerprint density at radius 2 is 2.17 bits per heavy atom. The number of urea groups is 1. The minimum atomic E-state index is -0.00206. The number of rotatable bonds is 5. The summed E-state index contributed by atoms with van der Waals surface area (Å²) in [6.07, 6.45) is 5.39. The zero-order valence-electron chi connectivity index (χ0n) is 14.2. The molecule has 1 aliphatic rings. The number of carbonyl (C=O) groups excluding carboxylic acids is 1. The van der Waals surface area contributed by atoms with E-state index in [-0.39, 0.29) is 12.1 Å². The molecule has 1 fully saturated rings. The molecule has 0 bridgehead atoms. The molecular formula is C16H24N6O2. The van der Waals surface area contributed by atoms with Crippen molar-refractivity contribution in [2.75, 3.05) is 26.2 Å². The quantitative estimate of drug-likeness (QED) is 0.887. The fourth-order valence-corrected chi connectivity index (χ4v) is 2.88. The number of nitrogens with one attached hydrogen (secondary N) is 1. The van der Waals surface area contributed by atoms with Crippen LogP contribution in [0, 0.1) is 6.92 Å². The smallest absolute Gasteiger partial charge is 0.317 e. The van der Waals surface area contributed by atoms with Gasteiger partial charge >= 0.3 is 6.03 Å². The molecule has 1 saturated heterocycles. The van der Waals surface area contributed by atoms with E-state index in [1.54, 1.807) is 12.5 Å². The molecule has 2 aromatic rings. The Balaban J connectivity index is 1.41. The minimum absolute atomic E-state index is 0.00206. The Kier molecular flexibility index (Phi) is 5.14. The third kappa shape index (κ3) is 4.35. The molecule has 3 rings (SSSR count). The molecule has 1 N–H and O–H groups in total. The highest BCUT2D eigenvalue weighted by Crippen LogP contribution is 2.10. The van der Waals surface area contributed by atoms with Gasteiger partial charge in [-0.25, -0.2) is 9.78 Å². The summed E-state index contributed by atoms with van der Waals surface area (Å²) in [7, 11) is 0. The summed E-state index contributed by atoms with van der Waals surface area (Å²) < 4.78 is 7.21. The highest BCUT2D eigenvalue weighted by Gasteiger charge is 2.22. The van der Waals surface area contributed by atoms with Crippen molar-refractivity contribution in [2.24, 2.45) is 0 Å². The maximum absolute atomic E-state index is 12.3. The number of nitrogens with zero attached hydrogens (tertiary/aromatic N) is 5. The summed E-state index contributed by atoms with van der Waals surface area (Å²) >= 11 is 0. The lowest BCUT2D eigenvalue weighted by atomic mass is 10.3. The van der Waals surface area contributed by atoms with E-state index in [4.69, 9.17) is 4.52 Å². The lowest BCUT2D eigenvalue weighted by Gasteiger charge is -2.34. The number of hydrogen-bond acceptors (Lipinski definition) is 5. The van der Waals surface area contributed by atoms with Crippen LogP contribution in [0.1, 0.15) is 18.4 Å². The summed E-state index contributed by atoms with van der Waals surface area (Å²) in [5.74, 6) is 0.874. The molecule has 3 heterocycles. The summed E-state index contributed by atoms with van der Waals surface area (Å²) in [6.45, 7) is 8.49. The van der Waals surface area contributed by atoms with Gasteiger partial charge in [0.1, 0.15) is 0 Å². The molecule has 0 saturated carbocycles. The molecule has 0 spiro atoms. The number of piperazine rings is 1. The van der Waals surface area contributed by atoms with Gasteiger partial charge in [0.05, 0.1) is 18.6 Å². The van der Waals surface area contributed by atoms with Crippen molar-refractivity contribution in [1.82, 2.24) is 29.8 Å². The molecule has 0 aliphatic carbocycles. The first-order chi connectivity index (χ1) is 11.6. The van der Waals surface area contributed by atoms with E-state index in [0.717, 1.165) is 50.7 Å². The molecule has 2 amide bonds. The molecule has 1 aliphatic heterocycles. The van der Waals surface area contributed by atoms with Crippen molar-refractivity contribution in [1.29, 1.82) is 0 Å². The van der Waals surface area contributed by atoms with Crippen LogP contribution in [0.4, 0.5) is 4.79 Å². The van der Waals surface area contributed by atoms with Gasteiger partial charge in [0.25, 0.3) is 0 Å². The highest BCUT2D eigenvalue weighted by atomic mass is 16.5. The summed E-state index contributed by atoms with van der Waals surface area (Å²) in [5.41, 5.74) is 0.898. The second kappa shape index (κ2) is 7.48. The SMILES string of the molecule is Cc1cc(CN2CCN(C(=O)N[C@H](C)Cn3ccnc3)CC2)on1. The first kappa shape index (κ1) is 16.5. The molecule has 8 heteroatoms. The van der Waals surface area contributed by atoms with E-state index in [0.29, 0.717) is 0 Å². The minimum Gasteiger partial charge on any atom is -0.360 e. The van der Waals surface area contributed by atoms with E-state index >= 15 is 0 Å². The fourth-order valence-electron chi connectivity index (χ4n) is 2.88. The number of amides is 2. The van der Waals surface area contributed by atoms with Crippen molar-refractivity contribution in [2.45, 2.75) is 33.0 Å². The molecule has 0 unspecified atom stereocenters. The van der Waals surface area contributed by atoms with Crippen LogP contribution in [0.5, 0.6) is 0 Å². The summed E-state index contributed by atoms with van der Waals surface area (Å²) in [6, 6.07) is 2.01. The van der Waals surface area contributed by atoms with Crippen molar-refractivity contribution in [3.8, 4) is 0 Å². The molecule has 1 atom stereocenters. The van der Waals surface area contributed by atoms with E-state index in [1.807, 2.05) is 35.6 Å². The van der Waals surface area contributed by atoms with Crippen LogP contribution < -0.4 is 5.32 Å². The number of aromatic nitrogens is 3. The van der Waals surface area contributed by atoms with Crippen LogP contribution in [0.15, 0.2) is 29.3 Å². The predicted molar refractivity (Wildman–Crippen MR) is 88.3 cm³/mol. The van der Waals surface area contributed by atoms with Gasteiger partial charge < -0.3 is 19.3 Å². The summed E-state index contributed by atoms with van der Waals surface area (Å²) in [5, 5.41) is 6.95. The van der Waals surface area contributed by atoms with E-state index < -0.39 is 0 Å². The third-order valence-corrected chi connectivity index (χ3v) is 4.13. The fraction of sp³-hybridized carbons (Fsp3) is 0.562. The van der Waals surface area contributed by atoms with E-state index in [1.165, 1.54) is 0 Å². The zero-order chi connectivity index (χ0) is 16.9. The Morgan fingerprint density at radius 1 is 1.38 bits per heavy atom. The maximum Gasteiger partial charge on any atom is 0.317 e. The molecule has 24 heavy (non-hydrogen) atoms. The van der Waals surface area contributed by atoms with Crippen molar-refractivity contribution in [3.05, 3.63) is 36.2 Å². The molecule has 0 aromatic carbocycles. The van der Waals surface area contributed by atoms with Gasteiger partial charge in [0, 0.05) is 57.2 Å². The highest BCUT2D eigenvalue weighted by molar-refractivity contribution is 5.74. The van der Waals surface area contributed by atoms with Gasteiger partial charge in [-0.3, -0.25) is 4.90 Å². The predicted octanol–water partition coefficient (Wildman–Crippen LogP) is 1.10. The number of aryl methyl sites for hydroxylation is 1. The topological polar surface area (TPSA) is 79.4 Å². The molecule has 0 radical (unpaired) electrons. The number of imidazole rings is 1. The normalized spacial score (nSPS) is 17.0. The Hall–Kier alpha value is -2.35. The Morgan fingerprint density at radius 3 is 2.79 bits per heavy atom. The standard InChI is InChI=1S/C16H24N6O2/c1-13-9-15(24-19-13)11-20-5-7-22(8-6-20)16(23)18-14(2)10-21-4-3-17-12-21/h3-4,9,12,14H,5-8,10-11H2,1-2H3,(H,18,23)/t14-/m1/s1. The molecular weight excluding hydrogens is 308 g/mol. The van der Waals surface area contributed by atoms with Gasteiger partial charge in [0.15, 0.2) is 5.76 Å². The molecule has 2 aromatic heterocycles. The van der Waals surface area contributed by atoms with Crippen LogP contribution in [0.2, 0.25) is 0 Å². The van der Waals surface area contributed by atoms with Gasteiger partial charge in [-0.15, -0.1) is 0 Å². The van der Waals surface area contributed by atoms with Crippen LogP contribution in [0.25, 0.3) is 0 Å². The lowest BCUT2D eigenvalue weighted by molar-refractivity contribution is 0.126. The summed E-state index contributed by atoms with van der Waals surface area (Å²) in [4.78, 5) is 20.5. The average molecular weight is 332 g/mol. The Labute approximate surface area is 141 Å². The van der Waals surface area contributed by atoms with Gasteiger partial charge in [-0.1, -0.05) is 5.16 Å². The lowest BCUT2D eigenvalue weighted by Crippen LogP contribution is -2.53. The average Bonchev–Trinajstić information content (AvgIpc) is 3.20. The first-order valence-electron chi connectivity index (χ1n) is 8.26. The van der Waals surface area contributed by atoms with Crippen molar-refractivity contribution in [3.63, 3.8) is 0 Å². The largest absolute Gasteiger partial charge is 0.360 e. The second-order valence-corrected chi connectivity index (χ2v) is 6.31. The Bertz CT molecular complexity index is 645. The second-order valence-electron chi connectivity index (χ2n) is 6.31. The maximum atomic E-state index is 12.3. The van der Waals surface area contributed by atoms with Gasteiger partial charge in [-0.2, -0.15) is 0 Å². The van der Waals surface area contributed by atoms with Crippen molar-refractivity contribution < 1.29 is 9.32 Å². The first-order valence-corrected chi connectivity index (χ1v) is 8.26. The third-order valence-electron chi connectivity index (χ3n) is 4.13. The van der Waals surface area contributed by atoms with Crippen LogP contribution in [-0.2, 0) is 13.1 Å². The van der Waals surface area contributed by atoms with Crippen LogP contribution in [0.3, 0.4) is 0 Å². The van der Waals surface area contributed by atoms with E-state index in [9.17, 15) is 4.79 Å². The van der Waals surface area contributed by atoms with Crippen LogP contribution in [-0.4, -0.2) is 62.8 Å². The molecule has 8 nitrogen and oxygen atoms in total. The van der Waals surface area contributed by atoms with Gasteiger partial charge in [-0.05, 0) is 13.8 Å². The zero-order valence-corrected chi connectivity index (χ0v) is 14.2. The van der Waals surface area contributed by atoms with Gasteiger partial charge in [0.2, 0.25) is 0 Å². The van der Waals surface area contributed by atoms with E-state index in [2.05, 4.69) is 20.4 Å². The molecule has 130 valence electrons. The van der Waals surface area contributed by atoms with Crippen LogP contribution >= 0.6 is 0 Å². The number of hydrogen-bond donors (Lipinski definition) is 1.